The minimum Gasteiger partial charge on any atom is -0.325 e. The molecule has 22 heavy (non-hydrogen) atoms. The standard InChI is InChI=1S/C19H23NOS/c1-4-17-7-5-6-8-18(17)20-19(21)13-22-12-16-10-14(2)9-15(3)11-16/h5-11H,4,12-13H2,1-3H3,(H,20,21). The van der Waals surface area contributed by atoms with Gasteiger partial charge in [-0.15, -0.1) is 11.8 Å². The van der Waals surface area contributed by atoms with Gasteiger partial charge in [-0.1, -0.05) is 54.4 Å². The van der Waals surface area contributed by atoms with Gasteiger partial charge in [0.1, 0.15) is 0 Å². The summed E-state index contributed by atoms with van der Waals surface area (Å²) in [5, 5.41) is 3.01. The van der Waals surface area contributed by atoms with Gasteiger partial charge in [-0.05, 0) is 37.5 Å². The number of hydrogen-bond donors (Lipinski definition) is 1. The molecule has 0 aliphatic rings. The van der Waals surface area contributed by atoms with Crippen LogP contribution in [0.4, 0.5) is 5.69 Å². The van der Waals surface area contributed by atoms with E-state index in [4.69, 9.17) is 0 Å². The minimum absolute atomic E-state index is 0.0651. The summed E-state index contributed by atoms with van der Waals surface area (Å²) in [6.07, 6.45) is 0.923. The van der Waals surface area contributed by atoms with Gasteiger partial charge >= 0.3 is 0 Å². The van der Waals surface area contributed by atoms with Gasteiger partial charge in [0, 0.05) is 11.4 Å². The number of aryl methyl sites for hydroxylation is 3. The number of nitrogens with one attached hydrogen (secondary N) is 1. The summed E-state index contributed by atoms with van der Waals surface area (Å²) in [4.78, 5) is 12.1. The molecule has 0 saturated heterocycles. The fourth-order valence-electron chi connectivity index (χ4n) is 2.55. The van der Waals surface area contributed by atoms with Gasteiger partial charge in [-0.2, -0.15) is 0 Å². The van der Waals surface area contributed by atoms with E-state index in [0.717, 1.165) is 17.9 Å². The molecule has 0 saturated carbocycles. The van der Waals surface area contributed by atoms with Crippen molar-refractivity contribution in [2.24, 2.45) is 0 Å². The monoisotopic (exact) mass is 313 g/mol. The van der Waals surface area contributed by atoms with Crippen LogP contribution < -0.4 is 5.32 Å². The van der Waals surface area contributed by atoms with Crippen LogP contribution >= 0.6 is 11.8 Å². The van der Waals surface area contributed by atoms with Crippen LogP contribution in [-0.4, -0.2) is 11.7 Å². The van der Waals surface area contributed by atoms with E-state index in [1.54, 1.807) is 11.8 Å². The third-order valence-corrected chi connectivity index (χ3v) is 4.46. The normalized spacial score (nSPS) is 10.5. The number of hydrogen-bond acceptors (Lipinski definition) is 2. The van der Waals surface area contributed by atoms with Gasteiger partial charge < -0.3 is 5.32 Å². The van der Waals surface area contributed by atoms with Crippen molar-refractivity contribution in [1.82, 2.24) is 0 Å². The van der Waals surface area contributed by atoms with Crippen LogP contribution in [-0.2, 0) is 17.0 Å². The van der Waals surface area contributed by atoms with Crippen molar-refractivity contribution in [2.45, 2.75) is 32.9 Å². The third-order valence-electron chi connectivity index (χ3n) is 3.46. The Balaban J connectivity index is 1.85. The highest BCUT2D eigenvalue weighted by molar-refractivity contribution is 7.99. The first kappa shape index (κ1) is 16.6. The minimum atomic E-state index is 0.0651. The lowest BCUT2D eigenvalue weighted by atomic mass is 10.1. The molecule has 1 N–H and O–H groups in total. The van der Waals surface area contributed by atoms with Crippen LogP contribution in [0.3, 0.4) is 0 Å². The first-order chi connectivity index (χ1) is 10.6. The molecule has 0 unspecified atom stereocenters. The Labute approximate surface area is 137 Å². The SMILES string of the molecule is CCc1ccccc1NC(=O)CSCc1cc(C)cc(C)c1. The maximum atomic E-state index is 12.1. The van der Waals surface area contributed by atoms with E-state index in [1.165, 1.54) is 22.3 Å². The molecular formula is C19H23NOS. The first-order valence-corrected chi connectivity index (χ1v) is 8.76. The largest absolute Gasteiger partial charge is 0.325 e. The smallest absolute Gasteiger partial charge is 0.234 e. The maximum absolute atomic E-state index is 12.1. The molecule has 0 fully saturated rings. The summed E-state index contributed by atoms with van der Waals surface area (Å²) in [5.41, 5.74) is 5.94. The molecule has 2 nitrogen and oxygen atoms in total. The van der Waals surface area contributed by atoms with Crippen LogP contribution in [0.15, 0.2) is 42.5 Å². The van der Waals surface area contributed by atoms with E-state index in [0.29, 0.717) is 5.75 Å². The fourth-order valence-corrected chi connectivity index (χ4v) is 3.31. The van der Waals surface area contributed by atoms with Crippen molar-refractivity contribution in [1.29, 1.82) is 0 Å². The summed E-state index contributed by atoms with van der Waals surface area (Å²) in [6, 6.07) is 14.5. The number of carbonyl (C=O) groups excluding carboxylic acids is 1. The van der Waals surface area contributed by atoms with Crippen molar-refractivity contribution >= 4 is 23.4 Å². The topological polar surface area (TPSA) is 29.1 Å². The van der Waals surface area contributed by atoms with Crippen LogP contribution in [0.25, 0.3) is 0 Å². The van der Waals surface area contributed by atoms with Crippen LogP contribution in [0.1, 0.15) is 29.2 Å². The maximum Gasteiger partial charge on any atom is 0.234 e. The average Bonchev–Trinajstić information content (AvgIpc) is 2.46. The molecule has 3 heteroatoms. The second kappa shape index (κ2) is 8.04. The van der Waals surface area contributed by atoms with E-state index in [9.17, 15) is 4.79 Å². The Morgan fingerprint density at radius 2 is 1.77 bits per heavy atom. The van der Waals surface area contributed by atoms with E-state index < -0.39 is 0 Å². The van der Waals surface area contributed by atoms with Gasteiger partial charge in [0.2, 0.25) is 5.91 Å². The van der Waals surface area contributed by atoms with Crippen molar-refractivity contribution in [3.63, 3.8) is 0 Å². The first-order valence-electron chi connectivity index (χ1n) is 7.61. The molecule has 0 atom stereocenters. The summed E-state index contributed by atoms with van der Waals surface area (Å²) in [5.74, 6) is 1.41. The molecule has 2 rings (SSSR count). The second-order valence-corrected chi connectivity index (χ2v) is 6.53. The highest BCUT2D eigenvalue weighted by atomic mass is 32.2. The third kappa shape index (κ3) is 4.92. The average molecular weight is 313 g/mol. The molecule has 0 aromatic heterocycles. The Hall–Kier alpha value is -1.74. The lowest BCUT2D eigenvalue weighted by molar-refractivity contribution is -0.113. The molecule has 116 valence electrons. The number of para-hydroxylation sites is 1. The summed E-state index contributed by atoms with van der Waals surface area (Å²) >= 11 is 1.65. The Bertz CT molecular complexity index is 631. The molecular weight excluding hydrogens is 290 g/mol. The van der Waals surface area contributed by atoms with Crippen molar-refractivity contribution in [3.8, 4) is 0 Å². The Morgan fingerprint density at radius 1 is 1.09 bits per heavy atom. The number of rotatable bonds is 6. The van der Waals surface area contributed by atoms with Crippen LogP contribution in [0, 0.1) is 13.8 Å². The second-order valence-electron chi connectivity index (χ2n) is 5.55. The van der Waals surface area contributed by atoms with Gasteiger partial charge in [0.25, 0.3) is 0 Å². The molecule has 0 aliphatic carbocycles. The van der Waals surface area contributed by atoms with Gasteiger partial charge in [-0.25, -0.2) is 0 Å². The number of anilines is 1. The van der Waals surface area contributed by atoms with Crippen molar-refractivity contribution in [2.75, 3.05) is 11.1 Å². The van der Waals surface area contributed by atoms with E-state index >= 15 is 0 Å². The van der Waals surface area contributed by atoms with Crippen LogP contribution in [0.5, 0.6) is 0 Å². The van der Waals surface area contributed by atoms with Crippen LogP contribution in [0.2, 0.25) is 0 Å². The van der Waals surface area contributed by atoms with E-state index in [1.807, 2.05) is 18.2 Å². The molecule has 0 radical (unpaired) electrons. The predicted octanol–water partition coefficient (Wildman–Crippen LogP) is 4.74. The van der Waals surface area contributed by atoms with Gasteiger partial charge in [0.05, 0.1) is 5.75 Å². The molecule has 2 aromatic rings. The highest BCUT2D eigenvalue weighted by Gasteiger charge is 2.06. The molecule has 0 heterocycles. The Morgan fingerprint density at radius 3 is 2.45 bits per heavy atom. The summed E-state index contributed by atoms with van der Waals surface area (Å²) in [7, 11) is 0. The summed E-state index contributed by atoms with van der Waals surface area (Å²) < 4.78 is 0. The van der Waals surface area contributed by atoms with Gasteiger partial charge in [-0.3, -0.25) is 4.79 Å². The number of amides is 1. The van der Waals surface area contributed by atoms with E-state index in [2.05, 4.69) is 50.4 Å². The lowest BCUT2D eigenvalue weighted by Gasteiger charge is -2.10. The predicted molar refractivity (Wildman–Crippen MR) is 96.5 cm³/mol. The van der Waals surface area contributed by atoms with E-state index in [-0.39, 0.29) is 5.91 Å². The number of thioether (sulfide) groups is 1. The molecule has 1 amide bonds. The zero-order valence-electron chi connectivity index (χ0n) is 13.5. The molecule has 0 spiro atoms. The zero-order chi connectivity index (χ0) is 15.9. The quantitative estimate of drug-likeness (QED) is 0.834. The highest BCUT2D eigenvalue weighted by Crippen LogP contribution is 2.18. The molecule has 0 bridgehead atoms. The summed E-state index contributed by atoms with van der Waals surface area (Å²) in [6.45, 7) is 6.31. The number of carbonyl (C=O) groups is 1. The van der Waals surface area contributed by atoms with Gasteiger partial charge in [0.15, 0.2) is 0 Å². The number of benzene rings is 2. The molecule has 2 aromatic carbocycles. The fraction of sp³-hybridized carbons (Fsp3) is 0.316. The van der Waals surface area contributed by atoms with Crippen molar-refractivity contribution in [3.05, 3.63) is 64.7 Å². The zero-order valence-corrected chi connectivity index (χ0v) is 14.3. The molecule has 0 aliphatic heterocycles. The Kier molecular flexibility index (Phi) is 6.08. The van der Waals surface area contributed by atoms with Crippen molar-refractivity contribution < 1.29 is 4.79 Å². The lowest BCUT2D eigenvalue weighted by Crippen LogP contribution is -2.15.